The molecule has 2 aromatic rings. The van der Waals surface area contributed by atoms with Gasteiger partial charge in [0.05, 0.1) is 12.6 Å². The first-order chi connectivity index (χ1) is 11.7. The van der Waals surface area contributed by atoms with Crippen LogP contribution in [0.15, 0.2) is 54.6 Å². The number of hydrogen-bond donors (Lipinski definition) is 2. The minimum atomic E-state index is -0.0521. The van der Waals surface area contributed by atoms with Gasteiger partial charge in [0.25, 0.3) is 0 Å². The Morgan fingerprint density at radius 2 is 1.92 bits per heavy atom. The van der Waals surface area contributed by atoms with Crippen LogP contribution < -0.4 is 15.4 Å². The van der Waals surface area contributed by atoms with Crippen molar-refractivity contribution in [3.8, 4) is 5.75 Å². The highest BCUT2D eigenvalue weighted by atomic mass is 16.5. The molecule has 0 spiro atoms. The second-order valence-corrected chi connectivity index (χ2v) is 5.83. The molecule has 0 aliphatic carbocycles. The highest BCUT2D eigenvalue weighted by Gasteiger charge is 2.05. The minimum absolute atomic E-state index is 0.0521. The van der Waals surface area contributed by atoms with Crippen molar-refractivity contribution in [3.63, 3.8) is 0 Å². The number of benzene rings is 2. The van der Waals surface area contributed by atoms with Crippen molar-refractivity contribution in [3.05, 3.63) is 60.2 Å². The maximum absolute atomic E-state index is 12.0. The lowest BCUT2D eigenvalue weighted by atomic mass is 10.1. The first kappa shape index (κ1) is 18.0. The lowest BCUT2D eigenvalue weighted by molar-refractivity contribution is -0.115. The SMILES string of the molecule is CCC(C)Oc1cccc(NC(=O)CNCCc2ccccc2)c1. The summed E-state index contributed by atoms with van der Waals surface area (Å²) in [5.41, 5.74) is 2.02. The molecule has 24 heavy (non-hydrogen) atoms. The van der Waals surface area contributed by atoms with Crippen LogP contribution in [-0.2, 0) is 11.2 Å². The predicted octanol–water partition coefficient (Wildman–Crippen LogP) is 3.63. The molecule has 4 nitrogen and oxygen atoms in total. The van der Waals surface area contributed by atoms with Gasteiger partial charge in [0.2, 0.25) is 5.91 Å². The quantitative estimate of drug-likeness (QED) is 0.692. The second kappa shape index (κ2) is 9.73. The fourth-order valence-electron chi connectivity index (χ4n) is 2.25. The van der Waals surface area contributed by atoms with Gasteiger partial charge in [0, 0.05) is 11.8 Å². The molecule has 0 saturated heterocycles. The van der Waals surface area contributed by atoms with E-state index in [4.69, 9.17) is 4.74 Å². The Hall–Kier alpha value is -2.33. The van der Waals surface area contributed by atoms with E-state index in [1.807, 2.05) is 49.4 Å². The average molecular weight is 326 g/mol. The van der Waals surface area contributed by atoms with Crippen LogP contribution in [0.4, 0.5) is 5.69 Å². The summed E-state index contributed by atoms with van der Waals surface area (Å²) in [6.07, 6.45) is 2.02. The van der Waals surface area contributed by atoms with E-state index in [1.54, 1.807) is 0 Å². The molecule has 0 aliphatic heterocycles. The highest BCUT2D eigenvalue weighted by molar-refractivity contribution is 5.92. The molecule has 1 amide bonds. The fourth-order valence-corrected chi connectivity index (χ4v) is 2.25. The van der Waals surface area contributed by atoms with Crippen LogP contribution in [0.25, 0.3) is 0 Å². The van der Waals surface area contributed by atoms with Crippen LogP contribution in [0, 0.1) is 0 Å². The van der Waals surface area contributed by atoms with E-state index in [1.165, 1.54) is 5.56 Å². The molecule has 1 atom stereocenters. The molecule has 4 heteroatoms. The van der Waals surface area contributed by atoms with Gasteiger partial charge in [-0.05, 0) is 44.0 Å². The van der Waals surface area contributed by atoms with Crippen molar-refractivity contribution in [1.82, 2.24) is 5.32 Å². The molecule has 2 aromatic carbocycles. The number of carbonyl (C=O) groups is 1. The van der Waals surface area contributed by atoms with Gasteiger partial charge in [-0.25, -0.2) is 0 Å². The summed E-state index contributed by atoms with van der Waals surface area (Å²) in [5, 5.41) is 6.06. The number of anilines is 1. The molecule has 0 aliphatic rings. The lowest BCUT2D eigenvalue weighted by Gasteiger charge is -2.13. The first-order valence-electron chi connectivity index (χ1n) is 8.48. The van der Waals surface area contributed by atoms with Gasteiger partial charge >= 0.3 is 0 Å². The number of carbonyl (C=O) groups excluding carboxylic acids is 1. The Balaban J connectivity index is 1.73. The average Bonchev–Trinajstić information content (AvgIpc) is 2.60. The van der Waals surface area contributed by atoms with Crippen LogP contribution in [0.2, 0.25) is 0 Å². The van der Waals surface area contributed by atoms with Crippen molar-refractivity contribution in [1.29, 1.82) is 0 Å². The van der Waals surface area contributed by atoms with Gasteiger partial charge < -0.3 is 15.4 Å². The Labute approximate surface area is 144 Å². The molecular weight excluding hydrogens is 300 g/mol. The summed E-state index contributed by atoms with van der Waals surface area (Å²) < 4.78 is 5.77. The maximum Gasteiger partial charge on any atom is 0.238 e. The van der Waals surface area contributed by atoms with Crippen LogP contribution in [0.1, 0.15) is 25.8 Å². The molecule has 2 N–H and O–H groups in total. The Morgan fingerprint density at radius 3 is 2.67 bits per heavy atom. The van der Waals surface area contributed by atoms with Crippen molar-refractivity contribution in [2.45, 2.75) is 32.8 Å². The molecule has 0 heterocycles. The largest absolute Gasteiger partial charge is 0.491 e. The number of nitrogens with one attached hydrogen (secondary N) is 2. The van der Waals surface area contributed by atoms with Crippen molar-refractivity contribution >= 4 is 11.6 Å². The monoisotopic (exact) mass is 326 g/mol. The molecule has 128 valence electrons. The van der Waals surface area contributed by atoms with Crippen LogP contribution >= 0.6 is 0 Å². The van der Waals surface area contributed by atoms with Gasteiger partial charge in [-0.15, -0.1) is 0 Å². The second-order valence-electron chi connectivity index (χ2n) is 5.83. The van der Waals surface area contributed by atoms with Gasteiger partial charge in [-0.2, -0.15) is 0 Å². The summed E-state index contributed by atoms with van der Waals surface area (Å²) in [5.74, 6) is 0.725. The maximum atomic E-state index is 12.0. The van der Waals surface area contributed by atoms with Gasteiger partial charge in [0.1, 0.15) is 5.75 Å². The van der Waals surface area contributed by atoms with E-state index in [0.29, 0.717) is 6.54 Å². The zero-order valence-electron chi connectivity index (χ0n) is 14.4. The molecule has 0 fully saturated rings. The summed E-state index contributed by atoms with van der Waals surface area (Å²) in [7, 11) is 0. The Kier molecular flexibility index (Phi) is 7.30. The topological polar surface area (TPSA) is 50.4 Å². The Morgan fingerprint density at radius 1 is 1.12 bits per heavy atom. The zero-order valence-corrected chi connectivity index (χ0v) is 14.4. The number of amides is 1. The predicted molar refractivity (Wildman–Crippen MR) is 98.5 cm³/mol. The van der Waals surface area contributed by atoms with Crippen LogP contribution in [-0.4, -0.2) is 25.1 Å². The normalized spacial score (nSPS) is 11.8. The van der Waals surface area contributed by atoms with Crippen molar-refractivity contribution in [2.24, 2.45) is 0 Å². The molecule has 0 bridgehead atoms. The van der Waals surface area contributed by atoms with E-state index in [0.717, 1.165) is 30.8 Å². The van der Waals surface area contributed by atoms with E-state index < -0.39 is 0 Å². The molecule has 0 saturated carbocycles. The van der Waals surface area contributed by atoms with Crippen molar-refractivity contribution in [2.75, 3.05) is 18.4 Å². The minimum Gasteiger partial charge on any atom is -0.491 e. The number of ether oxygens (including phenoxy) is 1. The molecule has 0 aromatic heterocycles. The molecule has 2 rings (SSSR count). The fraction of sp³-hybridized carbons (Fsp3) is 0.350. The molecule has 1 unspecified atom stereocenters. The summed E-state index contributed by atoms with van der Waals surface area (Å²) in [6, 6.07) is 17.7. The van der Waals surface area contributed by atoms with E-state index in [9.17, 15) is 4.79 Å². The van der Waals surface area contributed by atoms with Crippen LogP contribution in [0.5, 0.6) is 5.75 Å². The number of hydrogen-bond acceptors (Lipinski definition) is 3. The van der Waals surface area contributed by atoms with Gasteiger partial charge in [0.15, 0.2) is 0 Å². The third-order valence-electron chi connectivity index (χ3n) is 3.75. The molecular formula is C20H26N2O2. The summed E-state index contributed by atoms with van der Waals surface area (Å²) in [4.78, 5) is 12.0. The van der Waals surface area contributed by atoms with Gasteiger partial charge in [-0.1, -0.05) is 43.3 Å². The first-order valence-corrected chi connectivity index (χ1v) is 8.48. The van der Waals surface area contributed by atoms with E-state index >= 15 is 0 Å². The zero-order chi connectivity index (χ0) is 17.2. The summed E-state index contributed by atoms with van der Waals surface area (Å²) in [6.45, 7) is 5.18. The van der Waals surface area contributed by atoms with Crippen LogP contribution in [0.3, 0.4) is 0 Å². The van der Waals surface area contributed by atoms with Crippen molar-refractivity contribution < 1.29 is 9.53 Å². The highest BCUT2D eigenvalue weighted by Crippen LogP contribution is 2.19. The van der Waals surface area contributed by atoms with Gasteiger partial charge in [-0.3, -0.25) is 4.79 Å². The third kappa shape index (κ3) is 6.42. The molecule has 0 radical (unpaired) electrons. The third-order valence-corrected chi connectivity index (χ3v) is 3.75. The van der Waals surface area contributed by atoms with E-state index in [-0.39, 0.29) is 12.0 Å². The Bertz CT molecular complexity index is 629. The lowest BCUT2D eigenvalue weighted by Crippen LogP contribution is -2.29. The van der Waals surface area contributed by atoms with E-state index in [2.05, 4.69) is 29.7 Å². The standard InChI is InChI=1S/C20H26N2O2/c1-3-16(2)24-19-11-7-10-18(14-19)22-20(23)15-21-13-12-17-8-5-4-6-9-17/h4-11,14,16,21H,3,12-13,15H2,1-2H3,(H,22,23). The summed E-state index contributed by atoms with van der Waals surface area (Å²) >= 11 is 0. The smallest absolute Gasteiger partial charge is 0.238 e. The number of rotatable bonds is 9.